The van der Waals surface area contributed by atoms with Crippen molar-refractivity contribution in [1.82, 2.24) is 27.4 Å². The Hall–Kier alpha value is -16.8. The van der Waals surface area contributed by atoms with Gasteiger partial charge >= 0.3 is 0 Å². The molecule has 0 aliphatic carbocycles. The van der Waals surface area contributed by atoms with Crippen LogP contribution in [0.1, 0.15) is 0 Å². The third-order valence-corrected chi connectivity index (χ3v) is 26.0. The average Bonchev–Trinajstić information content (AvgIpc) is 1.59. The molecule has 0 N–H and O–H groups in total. The van der Waals surface area contributed by atoms with E-state index in [0.29, 0.717) is 0 Å². The first-order valence-electron chi connectivity index (χ1n) is 43.4. The van der Waals surface area contributed by atoms with Crippen molar-refractivity contribution in [1.29, 1.82) is 0 Å². The molecule has 0 saturated heterocycles. The van der Waals surface area contributed by atoms with Crippen molar-refractivity contribution in [3.05, 3.63) is 473 Å². The van der Waals surface area contributed by atoms with E-state index in [1.165, 1.54) is 198 Å². The van der Waals surface area contributed by atoms with Crippen molar-refractivity contribution in [2.45, 2.75) is 0 Å². The number of nitrogens with zero attached hydrogens (tertiary/aromatic N) is 6. The SMILES string of the molecule is c1ccc(-c2cccc(-c3cc(-c4ccc5c(c4)c4ccccc4n5-c4cccc(-n5c6ccccc6c6ccccc65)c4)cc(-n4c5ccccc5c5ccccc54)c3)c2)cc1.c1ccc(-c2ccccc2-c2cc(-c3ccc4c(c3)c3ccccc3n4-c3cccc(-n4c5ccccc5c5ccccc54)c3)cc(-n3c4ccccc4c4ccccc43)c2)cc1. The van der Waals surface area contributed by atoms with Crippen molar-refractivity contribution in [3.63, 3.8) is 0 Å². The minimum absolute atomic E-state index is 1.13. The summed E-state index contributed by atoms with van der Waals surface area (Å²) in [6.07, 6.45) is 0. The zero-order valence-corrected chi connectivity index (χ0v) is 68.7. The first kappa shape index (κ1) is 72.1. The predicted octanol–water partition coefficient (Wildman–Crippen LogP) is 32.0. The van der Waals surface area contributed by atoms with E-state index in [1.54, 1.807) is 0 Å². The number of aromatic nitrogens is 6. The molecule has 6 heteroatoms. The minimum Gasteiger partial charge on any atom is -0.309 e. The van der Waals surface area contributed by atoms with Crippen LogP contribution in [0.4, 0.5) is 0 Å². The van der Waals surface area contributed by atoms with E-state index in [4.69, 9.17) is 0 Å². The Morgan fingerprint density at radius 3 is 0.627 bits per heavy atom. The van der Waals surface area contributed by atoms with Crippen molar-refractivity contribution in [2.24, 2.45) is 0 Å². The minimum atomic E-state index is 1.13. The molecule has 6 nitrogen and oxygen atoms in total. The number of hydrogen-bond acceptors (Lipinski definition) is 0. The summed E-state index contributed by atoms with van der Waals surface area (Å²) in [6, 6.07) is 173. The Morgan fingerprint density at radius 1 is 0.0952 bits per heavy atom. The Morgan fingerprint density at radius 2 is 0.302 bits per heavy atom. The van der Waals surface area contributed by atoms with Gasteiger partial charge in [0.25, 0.3) is 0 Å². The summed E-state index contributed by atoms with van der Waals surface area (Å²) >= 11 is 0. The standard InChI is InChI=1S/2C60H39N3/c1-2-16-40(17-3-1)41-18-14-19-42(34-41)44-35-45(37-48(36-44)63-57-29-11-6-24-51(57)52-25-7-12-30-58(52)63)43-32-33-60-54(38-43)53-26-8-13-31-59(53)62(60)47-21-15-20-46(39-47)61-55-27-9-4-22-49(55)50-23-5-10-28-56(50)61;1-2-17-40(18-3-1)47-21-4-5-22-48(47)43-35-42(36-46(37-43)63-57-30-13-8-25-51(57)52-26-9-14-31-58(52)63)41-33-34-60-54(38-41)53-27-10-15-32-59(53)62(60)45-20-16-19-44(39-45)61-55-28-11-6-23-49(55)50-24-7-12-29-56(50)61/h2*1-39H. The van der Waals surface area contributed by atoms with Crippen LogP contribution in [0, 0.1) is 0 Å². The normalized spacial score (nSPS) is 11.8. The van der Waals surface area contributed by atoms with Crippen LogP contribution < -0.4 is 0 Å². The van der Waals surface area contributed by atoms with Gasteiger partial charge in [-0.25, -0.2) is 0 Å². The van der Waals surface area contributed by atoms with E-state index in [9.17, 15) is 0 Å². The van der Waals surface area contributed by atoms with Crippen molar-refractivity contribution in [3.8, 4) is 101 Å². The molecule has 6 heterocycles. The zero-order chi connectivity index (χ0) is 82.9. The second kappa shape index (κ2) is 29.5. The fourth-order valence-corrected chi connectivity index (χ4v) is 20.5. The highest BCUT2D eigenvalue weighted by Crippen LogP contribution is 2.46. The van der Waals surface area contributed by atoms with Gasteiger partial charge < -0.3 is 27.4 Å². The summed E-state index contributed by atoms with van der Waals surface area (Å²) in [4.78, 5) is 0. The molecule has 0 aliphatic heterocycles. The summed E-state index contributed by atoms with van der Waals surface area (Å²) in [5, 5.41) is 14.9. The number of fused-ring (bicyclic) bond motifs is 18. The van der Waals surface area contributed by atoms with E-state index in [-0.39, 0.29) is 0 Å². The van der Waals surface area contributed by atoms with Crippen LogP contribution in [-0.2, 0) is 0 Å². The number of para-hydroxylation sites is 10. The van der Waals surface area contributed by atoms with E-state index < -0.39 is 0 Å². The second-order valence-corrected chi connectivity index (χ2v) is 33.1. The summed E-state index contributed by atoms with van der Waals surface area (Å²) in [7, 11) is 0. The van der Waals surface area contributed by atoms with Crippen molar-refractivity contribution >= 4 is 131 Å². The number of rotatable bonds is 12. The molecular formula is C120H78N6. The molecule has 26 rings (SSSR count). The van der Waals surface area contributed by atoms with Gasteiger partial charge in [0, 0.05) is 98.8 Å². The third-order valence-electron chi connectivity index (χ3n) is 26.0. The van der Waals surface area contributed by atoms with Crippen molar-refractivity contribution < 1.29 is 0 Å². The van der Waals surface area contributed by atoms with Gasteiger partial charge in [-0.15, -0.1) is 0 Å². The van der Waals surface area contributed by atoms with Gasteiger partial charge in [0.15, 0.2) is 0 Å². The number of hydrogen-bond donors (Lipinski definition) is 0. The van der Waals surface area contributed by atoms with Crippen LogP contribution in [0.5, 0.6) is 0 Å². The molecule has 26 aromatic rings. The third kappa shape index (κ3) is 11.8. The Bertz CT molecular complexity index is 8650. The van der Waals surface area contributed by atoms with Crippen LogP contribution in [-0.4, -0.2) is 27.4 Å². The van der Waals surface area contributed by atoms with E-state index in [2.05, 4.69) is 501 Å². The lowest BCUT2D eigenvalue weighted by Gasteiger charge is -2.16. The largest absolute Gasteiger partial charge is 0.309 e. The molecule has 0 amide bonds. The highest BCUT2D eigenvalue weighted by molar-refractivity contribution is 6.16. The fourth-order valence-electron chi connectivity index (χ4n) is 20.5. The average molecular weight is 1600 g/mol. The Kier molecular flexibility index (Phi) is 16.9. The van der Waals surface area contributed by atoms with Crippen LogP contribution >= 0.6 is 0 Å². The molecule has 6 aromatic heterocycles. The van der Waals surface area contributed by atoms with Crippen LogP contribution in [0.3, 0.4) is 0 Å². The lowest BCUT2D eigenvalue weighted by Crippen LogP contribution is -1.98. The number of benzene rings is 20. The second-order valence-electron chi connectivity index (χ2n) is 33.1. The molecule has 126 heavy (non-hydrogen) atoms. The Labute approximate surface area is 727 Å². The van der Waals surface area contributed by atoms with Gasteiger partial charge in [-0.05, 0) is 231 Å². The first-order chi connectivity index (χ1) is 62.5. The zero-order valence-electron chi connectivity index (χ0n) is 68.7. The summed E-state index contributed by atoms with van der Waals surface area (Å²) < 4.78 is 14.5. The molecule has 0 unspecified atom stereocenters. The van der Waals surface area contributed by atoms with Gasteiger partial charge in [-0.1, -0.05) is 309 Å². The molecule has 0 bridgehead atoms. The molecule has 0 fully saturated rings. The monoisotopic (exact) mass is 1600 g/mol. The summed E-state index contributed by atoms with van der Waals surface area (Å²) in [5.41, 5.74) is 35.3. The quantitative estimate of drug-likeness (QED) is 0.117. The van der Waals surface area contributed by atoms with Gasteiger partial charge in [0.05, 0.1) is 66.2 Å². The molecular weight excluding hydrogens is 1530 g/mol. The molecule has 0 saturated carbocycles. The van der Waals surface area contributed by atoms with E-state index in [0.717, 1.165) is 34.1 Å². The van der Waals surface area contributed by atoms with Crippen molar-refractivity contribution in [2.75, 3.05) is 0 Å². The van der Waals surface area contributed by atoms with Crippen LogP contribution in [0.15, 0.2) is 473 Å². The van der Waals surface area contributed by atoms with E-state index >= 15 is 0 Å². The summed E-state index contributed by atoms with van der Waals surface area (Å²) in [6.45, 7) is 0. The highest BCUT2D eigenvalue weighted by atomic mass is 15.0. The topological polar surface area (TPSA) is 29.6 Å². The fraction of sp³-hybridized carbons (Fsp3) is 0. The maximum absolute atomic E-state index is 2.44. The molecule has 0 radical (unpaired) electrons. The van der Waals surface area contributed by atoms with Crippen LogP contribution in [0.2, 0.25) is 0 Å². The lowest BCUT2D eigenvalue weighted by atomic mass is 9.92. The highest BCUT2D eigenvalue weighted by Gasteiger charge is 2.24. The summed E-state index contributed by atoms with van der Waals surface area (Å²) in [5.74, 6) is 0. The molecule has 0 aliphatic rings. The van der Waals surface area contributed by atoms with Gasteiger partial charge in [-0.3, -0.25) is 0 Å². The van der Waals surface area contributed by atoms with Gasteiger partial charge in [-0.2, -0.15) is 0 Å². The van der Waals surface area contributed by atoms with Gasteiger partial charge in [0.2, 0.25) is 0 Å². The lowest BCUT2D eigenvalue weighted by molar-refractivity contribution is 1.13. The predicted molar refractivity (Wildman–Crippen MR) is 532 cm³/mol. The first-order valence-corrected chi connectivity index (χ1v) is 43.4. The maximum Gasteiger partial charge on any atom is 0.0541 e. The molecule has 588 valence electrons. The smallest absolute Gasteiger partial charge is 0.0541 e. The van der Waals surface area contributed by atoms with Gasteiger partial charge in [0.1, 0.15) is 0 Å². The molecule has 20 aromatic carbocycles. The molecule has 0 spiro atoms. The van der Waals surface area contributed by atoms with Crippen LogP contribution in [0.25, 0.3) is 232 Å². The van der Waals surface area contributed by atoms with E-state index in [1.807, 2.05) is 0 Å². The maximum atomic E-state index is 2.44. The molecule has 0 atom stereocenters. The Balaban J connectivity index is 0.000000137.